The van der Waals surface area contributed by atoms with Gasteiger partial charge < -0.3 is 10.0 Å². The third-order valence-electron chi connectivity index (χ3n) is 3.05. The molecule has 3 nitrogen and oxygen atoms in total. The van der Waals surface area contributed by atoms with E-state index in [1.807, 2.05) is 0 Å². The van der Waals surface area contributed by atoms with E-state index in [9.17, 15) is 5.11 Å². The molecule has 1 rings (SSSR count). The summed E-state index contributed by atoms with van der Waals surface area (Å²) in [5, 5.41) is 18.1. The number of aliphatic hydroxyl groups is 1. The van der Waals surface area contributed by atoms with E-state index in [2.05, 4.69) is 24.8 Å². The minimum Gasteiger partial charge on any atom is -0.392 e. The molecule has 0 saturated carbocycles. The van der Waals surface area contributed by atoms with Crippen LogP contribution in [-0.2, 0) is 0 Å². The van der Waals surface area contributed by atoms with Crippen molar-refractivity contribution in [3.8, 4) is 6.07 Å². The lowest BCUT2D eigenvalue weighted by atomic mass is 9.87. The molecule has 1 unspecified atom stereocenters. The summed E-state index contributed by atoms with van der Waals surface area (Å²) < 4.78 is 0. The van der Waals surface area contributed by atoms with Crippen molar-refractivity contribution in [2.24, 2.45) is 5.41 Å². The normalized spacial score (nSPS) is 23.7. The van der Waals surface area contributed by atoms with Crippen LogP contribution in [0.25, 0.3) is 0 Å². The molecule has 0 aromatic heterocycles. The maximum Gasteiger partial charge on any atom is 0.0667 e. The molecule has 0 amide bonds. The fraction of sp³-hybridized carbons (Fsp3) is 0.917. The van der Waals surface area contributed by atoms with Gasteiger partial charge in [0, 0.05) is 19.5 Å². The van der Waals surface area contributed by atoms with Crippen LogP contribution < -0.4 is 0 Å². The van der Waals surface area contributed by atoms with Gasteiger partial charge >= 0.3 is 0 Å². The van der Waals surface area contributed by atoms with Crippen LogP contribution >= 0.6 is 0 Å². The zero-order valence-electron chi connectivity index (χ0n) is 9.87. The minimum absolute atomic E-state index is 0.148. The van der Waals surface area contributed by atoms with E-state index in [0.717, 1.165) is 38.9 Å². The van der Waals surface area contributed by atoms with Crippen LogP contribution in [0.5, 0.6) is 0 Å². The third-order valence-corrected chi connectivity index (χ3v) is 3.05. The van der Waals surface area contributed by atoms with Crippen LogP contribution in [0.15, 0.2) is 0 Å². The van der Waals surface area contributed by atoms with Gasteiger partial charge in [-0.25, -0.2) is 0 Å². The van der Waals surface area contributed by atoms with Gasteiger partial charge in [0.2, 0.25) is 0 Å². The van der Waals surface area contributed by atoms with E-state index in [-0.39, 0.29) is 11.5 Å². The summed E-state index contributed by atoms with van der Waals surface area (Å²) in [5.41, 5.74) is 0.187. The zero-order valence-corrected chi connectivity index (χ0v) is 9.87. The summed E-state index contributed by atoms with van der Waals surface area (Å²) in [6.45, 7) is 7.28. The standard InChI is InChI=1S/C12H22N2O/c1-12(2,6-4-7-13)10-14-8-3-5-11(15)9-14/h11,15H,3-6,8-10H2,1-2H3. The van der Waals surface area contributed by atoms with Crippen LogP contribution in [0.3, 0.4) is 0 Å². The Morgan fingerprint density at radius 2 is 2.27 bits per heavy atom. The lowest BCUT2D eigenvalue weighted by molar-refractivity contribution is 0.0488. The molecular formula is C12H22N2O. The molecule has 15 heavy (non-hydrogen) atoms. The highest BCUT2D eigenvalue weighted by Crippen LogP contribution is 2.25. The molecule has 0 spiro atoms. The number of likely N-dealkylation sites (tertiary alicyclic amines) is 1. The summed E-state index contributed by atoms with van der Waals surface area (Å²) >= 11 is 0. The molecule has 0 bridgehead atoms. The molecule has 86 valence electrons. The van der Waals surface area contributed by atoms with Crippen LogP contribution in [0.2, 0.25) is 0 Å². The smallest absolute Gasteiger partial charge is 0.0667 e. The second-order valence-electron chi connectivity index (χ2n) is 5.35. The lowest BCUT2D eigenvalue weighted by Crippen LogP contribution is -2.43. The SMILES string of the molecule is CC(C)(CCC#N)CN1CCCC(O)C1. The fourth-order valence-electron chi connectivity index (χ4n) is 2.25. The Morgan fingerprint density at radius 3 is 2.87 bits per heavy atom. The van der Waals surface area contributed by atoms with Crippen molar-refractivity contribution in [3.05, 3.63) is 0 Å². The average molecular weight is 210 g/mol. The summed E-state index contributed by atoms with van der Waals surface area (Å²) in [5.74, 6) is 0. The monoisotopic (exact) mass is 210 g/mol. The second kappa shape index (κ2) is 5.48. The molecule has 1 heterocycles. The molecule has 1 atom stereocenters. The number of rotatable bonds is 4. The van der Waals surface area contributed by atoms with Gasteiger partial charge in [-0.15, -0.1) is 0 Å². The van der Waals surface area contributed by atoms with E-state index >= 15 is 0 Å². The minimum atomic E-state index is -0.148. The Hall–Kier alpha value is -0.590. The summed E-state index contributed by atoms with van der Waals surface area (Å²) in [7, 11) is 0. The van der Waals surface area contributed by atoms with Gasteiger partial charge in [0.1, 0.15) is 0 Å². The van der Waals surface area contributed by atoms with Crippen LogP contribution in [0, 0.1) is 16.7 Å². The van der Waals surface area contributed by atoms with E-state index in [1.54, 1.807) is 0 Å². The predicted molar refractivity (Wildman–Crippen MR) is 60.3 cm³/mol. The van der Waals surface area contributed by atoms with Crippen LogP contribution in [-0.4, -0.2) is 35.7 Å². The van der Waals surface area contributed by atoms with Crippen molar-refractivity contribution >= 4 is 0 Å². The summed E-state index contributed by atoms with van der Waals surface area (Å²) in [4.78, 5) is 2.32. The second-order valence-corrected chi connectivity index (χ2v) is 5.35. The van der Waals surface area contributed by atoms with Crippen molar-refractivity contribution in [1.29, 1.82) is 5.26 Å². The Kier molecular flexibility index (Phi) is 4.56. The number of β-amino-alcohol motifs (C(OH)–C–C–N with tert-alkyl or cyclic N) is 1. The van der Waals surface area contributed by atoms with E-state index in [0.29, 0.717) is 6.42 Å². The third kappa shape index (κ3) is 4.63. The summed E-state index contributed by atoms with van der Waals surface area (Å²) in [6, 6.07) is 2.20. The first-order valence-corrected chi connectivity index (χ1v) is 5.81. The van der Waals surface area contributed by atoms with Crippen LogP contribution in [0.1, 0.15) is 39.5 Å². The van der Waals surface area contributed by atoms with Crippen molar-refractivity contribution in [2.45, 2.75) is 45.6 Å². The Morgan fingerprint density at radius 1 is 1.53 bits per heavy atom. The first kappa shape index (κ1) is 12.5. The van der Waals surface area contributed by atoms with Gasteiger partial charge in [0.25, 0.3) is 0 Å². The quantitative estimate of drug-likeness (QED) is 0.769. The molecule has 1 aliphatic rings. The first-order chi connectivity index (χ1) is 7.03. The van der Waals surface area contributed by atoms with Gasteiger partial charge in [0.15, 0.2) is 0 Å². The van der Waals surface area contributed by atoms with Gasteiger partial charge in [-0.05, 0) is 31.2 Å². The van der Waals surface area contributed by atoms with Gasteiger partial charge in [-0.2, -0.15) is 5.26 Å². The zero-order chi connectivity index (χ0) is 11.3. The number of aliphatic hydroxyl groups excluding tert-OH is 1. The fourth-order valence-corrected chi connectivity index (χ4v) is 2.25. The van der Waals surface area contributed by atoms with Crippen molar-refractivity contribution in [1.82, 2.24) is 4.90 Å². The van der Waals surface area contributed by atoms with Gasteiger partial charge in [-0.1, -0.05) is 13.8 Å². The molecule has 0 aliphatic carbocycles. The Balaban J connectivity index is 2.35. The van der Waals surface area contributed by atoms with Crippen molar-refractivity contribution in [3.63, 3.8) is 0 Å². The molecule has 0 radical (unpaired) electrons. The lowest BCUT2D eigenvalue weighted by Gasteiger charge is -2.36. The highest BCUT2D eigenvalue weighted by Gasteiger charge is 2.25. The average Bonchev–Trinajstić information content (AvgIpc) is 2.14. The van der Waals surface area contributed by atoms with E-state index < -0.39 is 0 Å². The number of hydrogen-bond acceptors (Lipinski definition) is 3. The highest BCUT2D eigenvalue weighted by molar-refractivity contribution is 4.82. The van der Waals surface area contributed by atoms with Crippen molar-refractivity contribution < 1.29 is 5.11 Å². The van der Waals surface area contributed by atoms with Gasteiger partial charge in [-0.3, -0.25) is 0 Å². The number of nitrogens with zero attached hydrogens (tertiary/aromatic N) is 2. The first-order valence-electron chi connectivity index (χ1n) is 5.81. The molecule has 3 heteroatoms. The Labute approximate surface area is 92.7 Å². The molecule has 1 N–H and O–H groups in total. The molecule has 1 aliphatic heterocycles. The van der Waals surface area contributed by atoms with Crippen LogP contribution in [0.4, 0.5) is 0 Å². The van der Waals surface area contributed by atoms with E-state index in [4.69, 9.17) is 5.26 Å². The van der Waals surface area contributed by atoms with Crippen molar-refractivity contribution in [2.75, 3.05) is 19.6 Å². The molecule has 1 fully saturated rings. The van der Waals surface area contributed by atoms with Gasteiger partial charge in [0.05, 0.1) is 12.2 Å². The largest absolute Gasteiger partial charge is 0.392 e. The highest BCUT2D eigenvalue weighted by atomic mass is 16.3. The molecular weight excluding hydrogens is 188 g/mol. The maximum absolute atomic E-state index is 9.56. The maximum atomic E-state index is 9.56. The number of piperidine rings is 1. The number of hydrogen-bond donors (Lipinski definition) is 1. The van der Waals surface area contributed by atoms with E-state index in [1.165, 1.54) is 0 Å². The Bertz CT molecular complexity index is 232. The predicted octanol–water partition coefficient (Wildman–Crippen LogP) is 1.77. The number of nitriles is 1. The molecule has 1 saturated heterocycles. The molecule has 0 aromatic carbocycles. The summed E-state index contributed by atoms with van der Waals surface area (Å²) in [6.07, 6.45) is 3.45. The topological polar surface area (TPSA) is 47.3 Å². The molecule has 0 aromatic rings.